The van der Waals surface area contributed by atoms with Gasteiger partial charge in [0.05, 0.1) is 0 Å². The Labute approximate surface area is 87.4 Å². The van der Waals surface area contributed by atoms with Crippen molar-refractivity contribution in [2.75, 3.05) is 32.7 Å². The van der Waals surface area contributed by atoms with Crippen molar-refractivity contribution < 1.29 is 0 Å². The molecule has 1 atom stereocenters. The third kappa shape index (κ3) is 2.01. The van der Waals surface area contributed by atoms with Gasteiger partial charge in [-0.3, -0.25) is 4.90 Å². The minimum absolute atomic E-state index is 0.619. The Morgan fingerprint density at radius 1 is 1.50 bits per heavy atom. The summed E-state index contributed by atoms with van der Waals surface area (Å²) in [4.78, 5) is 2.58. The molecule has 2 rings (SSSR count). The van der Waals surface area contributed by atoms with Gasteiger partial charge in [-0.15, -0.1) is 0 Å². The maximum Gasteiger partial charge on any atom is 0.0190 e. The van der Waals surface area contributed by atoms with Crippen LogP contribution >= 0.6 is 0 Å². The molecule has 80 valence electrons. The molecule has 2 fully saturated rings. The second-order valence-electron chi connectivity index (χ2n) is 4.99. The lowest BCUT2D eigenvalue weighted by Crippen LogP contribution is -2.30. The van der Waals surface area contributed by atoms with Crippen molar-refractivity contribution in [1.82, 2.24) is 10.2 Å². The van der Waals surface area contributed by atoms with E-state index < -0.39 is 0 Å². The Morgan fingerprint density at radius 2 is 2.36 bits per heavy atom. The number of hydrogen-bond donors (Lipinski definition) is 1. The first-order chi connectivity index (χ1) is 6.74. The quantitative estimate of drug-likeness (QED) is 0.687. The molecule has 2 nitrogen and oxygen atoms in total. The van der Waals surface area contributed by atoms with Crippen LogP contribution < -0.4 is 5.32 Å². The van der Waals surface area contributed by atoms with Crippen LogP contribution in [-0.4, -0.2) is 37.6 Å². The van der Waals surface area contributed by atoms with Crippen LogP contribution in [0, 0.1) is 5.41 Å². The van der Waals surface area contributed by atoms with Gasteiger partial charge in [0.25, 0.3) is 0 Å². The normalized spacial score (nSPS) is 32.9. The molecule has 0 bridgehead atoms. The molecule has 1 unspecified atom stereocenters. The Kier molecular flexibility index (Phi) is 2.93. The van der Waals surface area contributed by atoms with Crippen LogP contribution in [-0.2, 0) is 0 Å². The van der Waals surface area contributed by atoms with Gasteiger partial charge in [0, 0.05) is 19.6 Å². The highest BCUT2D eigenvalue weighted by Crippen LogP contribution is 2.36. The number of rotatable bonds is 3. The molecule has 14 heavy (non-hydrogen) atoms. The van der Waals surface area contributed by atoms with Crippen molar-refractivity contribution in [2.24, 2.45) is 5.41 Å². The van der Waals surface area contributed by atoms with Crippen molar-refractivity contribution in [1.29, 1.82) is 0 Å². The van der Waals surface area contributed by atoms with E-state index in [4.69, 9.17) is 0 Å². The van der Waals surface area contributed by atoms with Crippen molar-refractivity contribution in [3.8, 4) is 0 Å². The van der Waals surface area contributed by atoms with E-state index in [0.29, 0.717) is 5.41 Å². The third-order valence-corrected chi connectivity index (χ3v) is 3.80. The van der Waals surface area contributed by atoms with Crippen LogP contribution in [0.1, 0.15) is 26.2 Å². The molecule has 0 saturated carbocycles. The van der Waals surface area contributed by atoms with Gasteiger partial charge >= 0.3 is 0 Å². The van der Waals surface area contributed by atoms with Gasteiger partial charge in [-0.05, 0) is 37.8 Å². The van der Waals surface area contributed by atoms with E-state index in [1.807, 2.05) is 0 Å². The molecule has 0 aliphatic carbocycles. The first-order valence-corrected chi connectivity index (χ1v) is 5.84. The topological polar surface area (TPSA) is 15.3 Å². The molecule has 2 aliphatic rings. The van der Waals surface area contributed by atoms with Gasteiger partial charge < -0.3 is 5.32 Å². The van der Waals surface area contributed by atoms with Gasteiger partial charge in [-0.1, -0.05) is 19.1 Å². The zero-order valence-electron chi connectivity index (χ0n) is 9.31. The highest BCUT2D eigenvalue weighted by atomic mass is 15.2. The van der Waals surface area contributed by atoms with Crippen molar-refractivity contribution in [2.45, 2.75) is 26.2 Å². The second-order valence-corrected chi connectivity index (χ2v) is 4.99. The zero-order chi connectivity index (χ0) is 10.0. The van der Waals surface area contributed by atoms with Crippen LogP contribution in [0.15, 0.2) is 12.2 Å². The predicted molar refractivity (Wildman–Crippen MR) is 60.4 cm³/mol. The fraction of sp³-hybridized carbons (Fsp3) is 0.833. The van der Waals surface area contributed by atoms with Crippen molar-refractivity contribution >= 4 is 0 Å². The van der Waals surface area contributed by atoms with Gasteiger partial charge in [0.1, 0.15) is 0 Å². The molecule has 2 saturated heterocycles. The number of likely N-dealkylation sites (tertiary alicyclic amines) is 1. The molecule has 0 aromatic heterocycles. The summed E-state index contributed by atoms with van der Waals surface area (Å²) >= 11 is 0. The average molecular weight is 194 g/mol. The molecule has 0 radical (unpaired) electrons. The van der Waals surface area contributed by atoms with Gasteiger partial charge in [-0.25, -0.2) is 0 Å². The fourth-order valence-corrected chi connectivity index (χ4v) is 2.73. The van der Waals surface area contributed by atoms with Crippen molar-refractivity contribution in [3.63, 3.8) is 0 Å². The van der Waals surface area contributed by atoms with Crippen LogP contribution in [0.5, 0.6) is 0 Å². The highest BCUT2D eigenvalue weighted by Gasteiger charge is 2.39. The molecule has 0 aromatic carbocycles. The maximum absolute atomic E-state index is 4.09. The van der Waals surface area contributed by atoms with Gasteiger partial charge in [0.15, 0.2) is 0 Å². The summed E-state index contributed by atoms with van der Waals surface area (Å²) in [6.45, 7) is 12.4. The van der Waals surface area contributed by atoms with Crippen LogP contribution in [0.4, 0.5) is 0 Å². The molecule has 1 N–H and O–H groups in total. The molecule has 2 aliphatic heterocycles. The summed E-state index contributed by atoms with van der Waals surface area (Å²) in [5.41, 5.74) is 2.00. The van der Waals surface area contributed by atoms with E-state index >= 15 is 0 Å². The Bertz CT molecular complexity index is 216. The first kappa shape index (κ1) is 10.2. The Morgan fingerprint density at radius 3 is 3.00 bits per heavy atom. The number of hydrogen-bond acceptors (Lipinski definition) is 2. The molecule has 1 spiro atoms. The Hall–Kier alpha value is -0.340. The van der Waals surface area contributed by atoms with E-state index in [1.165, 1.54) is 44.6 Å². The molecule has 0 amide bonds. The van der Waals surface area contributed by atoms with E-state index in [9.17, 15) is 0 Å². The minimum atomic E-state index is 0.619. The predicted octanol–water partition coefficient (Wildman–Crippen LogP) is 1.64. The fourth-order valence-electron chi connectivity index (χ4n) is 2.73. The van der Waals surface area contributed by atoms with Gasteiger partial charge in [-0.2, -0.15) is 0 Å². The number of nitrogens with one attached hydrogen (secondary N) is 1. The Balaban J connectivity index is 1.85. The van der Waals surface area contributed by atoms with Crippen molar-refractivity contribution in [3.05, 3.63) is 12.2 Å². The highest BCUT2D eigenvalue weighted by molar-refractivity contribution is 5.01. The molecular formula is C12H22N2. The van der Waals surface area contributed by atoms with Gasteiger partial charge in [0.2, 0.25) is 0 Å². The first-order valence-electron chi connectivity index (χ1n) is 5.84. The van der Waals surface area contributed by atoms with E-state index in [0.717, 1.165) is 13.0 Å². The summed E-state index contributed by atoms with van der Waals surface area (Å²) in [6.07, 6.45) is 3.89. The van der Waals surface area contributed by atoms with E-state index in [-0.39, 0.29) is 0 Å². The van der Waals surface area contributed by atoms with Crippen LogP contribution in [0.2, 0.25) is 0 Å². The van der Waals surface area contributed by atoms with E-state index in [2.05, 4.69) is 23.7 Å². The zero-order valence-corrected chi connectivity index (χ0v) is 9.31. The minimum Gasteiger partial charge on any atom is -0.316 e. The van der Waals surface area contributed by atoms with Crippen LogP contribution in [0.3, 0.4) is 0 Å². The lowest BCUT2D eigenvalue weighted by Gasteiger charge is -2.23. The molecule has 2 heterocycles. The molecular weight excluding hydrogens is 172 g/mol. The van der Waals surface area contributed by atoms with Crippen LogP contribution in [0.25, 0.3) is 0 Å². The summed E-state index contributed by atoms with van der Waals surface area (Å²) in [5.74, 6) is 0. The largest absolute Gasteiger partial charge is 0.316 e. The summed E-state index contributed by atoms with van der Waals surface area (Å²) < 4.78 is 0. The van der Waals surface area contributed by atoms with E-state index in [1.54, 1.807) is 0 Å². The summed E-state index contributed by atoms with van der Waals surface area (Å²) in [6, 6.07) is 0. The SMILES string of the molecule is C=C(CC)CN1CCC2(CCNC2)C1. The standard InChI is InChI=1S/C12H22N2/c1-3-11(2)8-14-7-5-12(10-14)4-6-13-9-12/h13H,2-10H2,1H3. The summed E-state index contributed by atoms with van der Waals surface area (Å²) in [7, 11) is 0. The smallest absolute Gasteiger partial charge is 0.0190 e. The molecule has 2 heteroatoms. The summed E-state index contributed by atoms with van der Waals surface area (Å²) in [5, 5.41) is 3.49. The molecule has 0 aromatic rings. The number of nitrogens with zero attached hydrogens (tertiary/aromatic N) is 1. The lowest BCUT2D eigenvalue weighted by molar-refractivity contribution is 0.288. The maximum atomic E-state index is 4.09. The average Bonchev–Trinajstić information content (AvgIpc) is 2.78. The third-order valence-electron chi connectivity index (χ3n) is 3.80. The lowest BCUT2D eigenvalue weighted by atomic mass is 9.86. The second kappa shape index (κ2) is 4.03. The monoisotopic (exact) mass is 194 g/mol.